The van der Waals surface area contributed by atoms with E-state index < -0.39 is 20.6 Å². The van der Waals surface area contributed by atoms with Crippen LogP contribution in [0.1, 0.15) is 20.8 Å². The maximum absolute atomic E-state index is 12.8. The van der Waals surface area contributed by atoms with Crippen LogP contribution in [0.5, 0.6) is 0 Å². The topological polar surface area (TPSA) is 114 Å². The lowest BCUT2D eigenvalue weighted by molar-refractivity contribution is -0.917. The summed E-state index contributed by atoms with van der Waals surface area (Å²) < 4.78 is 26.9. The van der Waals surface area contributed by atoms with Gasteiger partial charge in [-0.05, 0) is 18.9 Å². The van der Waals surface area contributed by atoms with Crippen LogP contribution in [0, 0.1) is 16.0 Å². The Labute approximate surface area is 159 Å². The summed E-state index contributed by atoms with van der Waals surface area (Å²) in [5.74, 6) is 0.313. The van der Waals surface area contributed by atoms with Crippen molar-refractivity contribution in [3.8, 4) is 0 Å². The van der Waals surface area contributed by atoms with Gasteiger partial charge in [0.2, 0.25) is 10.0 Å². The summed E-state index contributed by atoms with van der Waals surface area (Å²) in [6.45, 7) is 7.84. The quantitative estimate of drug-likeness (QED) is 0.480. The van der Waals surface area contributed by atoms with E-state index in [9.17, 15) is 23.3 Å². The first-order chi connectivity index (χ1) is 12.6. The Balaban J connectivity index is 2.05. The Bertz CT molecular complexity index is 788. The predicted octanol–water partition coefficient (Wildman–Crippen LogP) is -0.355. The van der Waals surface area contributed by atoms with Crippen molar-refractivity contribution in [2.24, 2.45) is 5.92 Å². The fraction of sp³-hybridized carbons (Fsp3) is 0.588. The molecule has 9 nitrogen and oxygen atoms in total. The Morgan fingerprint density at radius 3 is 2.41 bits per heavy atom. The number of amides is 1. The van der Waals surface area contributed by atoms with Gasteiger partial charge in [0.1, 0.15) is 0 Å². The van der Waals surface area contributed by atoms with Crippen molar-refractivity contribution in [3.63, 3.8) is 0 Å². The fourth-order valence-electron chi connectivity index (χ4n) is 3.06. The summed E-state index contributed by atoms with van der Waals surface area (Å²) in [6, 6.07) is 5.09. The number of carbonyl (C=O) groups excluding carboxylic acids is 1. The largest absolute Gasteiger partial charge is 0.351 e. The molecule has 1 atom stereocenters. The molecule has 1 heterocycles. The van der Waals surface area contributed by atoms with Gasteiger partial charge < -0.3 is 10.2 Å². The zero-order chi connectivity index (χ0) is 20.2. The molecule has 1 aromatic carbocycles. The van der Waals surface area contributed by atoms with Crippen LogP contribution in [0.15, 0.2) is 29.2 Å². The molecule has 1 aliphatic heterocycles. The van der Waals surface area contributed by atoms with Crippen LogP contribution >= 0.6 is 0 Å². The second-order valence-electron chi connectivity index (χ2n) is 7.15. The van der Waals surface area contributed by atoms with Gasteiger partial charge in [-0.2, -0.15) is 4.31 Å². The van der Waals surface area contributed by atoms with Crippen molar-refractivity contribution >= 4 is 21.6 Å². The van der Waals surface area contributed by atoms with E-state index in [-0.39, 0.29) is 29.9 Å². The molecule has 0 aliphatic carbocycles. The fourth-order valence-corrected chi connectivity index (χ4v) is 4.65. The average Bonchev–Trinajstić information content (AvgIpc) is 2.65. The minimum atomic E-state index is -3.95. The second-order valence-corrected chi connectivity index (χ2v) is 9.05. The summed E-state index contributed by atoms with van der Waals surface area (Å²) in [4.78, 5) is 23.4. The number of hydrogen-bond donors (Lipinski definition) is 2. The Morgan fingerprint density at radius 1 is 1.26 bits per heavy atom. The van der Waals surface area contributed by atoms with Crippen LogP contribution in [0.4, 0.5) is 5.69 Å². The molecule has 0 bridgehead atoms. The van der Waals surface area contributed by atoms with Gasteiger partial charge in [-0.15, -0.1) is 0 Å². The number of rotatable bonds is 7. The molecule has 1 saturated heterocycles. The molecule has 27 heavy (non-hydrogen) atoms. The SMILES string of the molecule is CC(C)CNC(=O)[C@H](C)[NH+]1CCN(S(=O)(=O)c2ccccc2[N+](=O)[O-])CC1. The van der Waals surface area contributed by atoms with Gasteiger partial charge in [-0.3, -0.25) is 14.9 Å². The van der Waals surface area contributed by atoms with Crippen molar-refractivity contribution in [3.05, 3.63) is 34.4 Å². The number of sulfonamides is 1. The van der Waals surface area contributed by atoms with Crippen LogP contribution in [0.2, 0.25) is 0 Å². The molecule has 1 aromatic rings. The first-order valence-electron chi connectivity index (χ1n) is 9.00. The molecule has 2 N–H and O–H groups in total. The summed E-state index contributed by atoms with van der Waals surface area (Å²) in [7, 11) is -3.95. The number of benzene rings is 1. The van der Waals surface area contributed by atoms with Crippen molar-refractivity contribution in [2.75, 3.05) is 32.7 Å². The van der Waals surface area contributed by atoms with Crippen LogP contribution in [-0.2, 0) is 14.8 Å². The first-order valence-corrected chi connectivity index (χ1v) is 10.4. The van der Waals surface area contributed by atoms with Gasteiger partial charge >= 0.3 is 0 Å². The monoisotopic (exact) mass is 399 g/mol. The number of piperazine rings is 1. The summed E-state index contributed by atoms with van der Waals surface area (Å²) >= 11 is 0. The van der Waals surface area contributed by atoms with E-state index >= 15 is 0 Å². The molecular weight excluding hydrogens is 372 g/mol. The molecule has 1 aliphatic rings. The number of quaternary nitrogens is 1. The number of nitro groups is 1. The number of hydrogen-bond acceptors (Lipinski definition) is 5. The molecule has 0 spiro atoms. The highest BCUT2D eigenvalue weighted by molar-refractivity contribution is 7.89. The highest BCUT2D eigenvalue weighted by Crippen LogP contribution is 2.26. The van der Waals surface area contributed by atoms with E-state index in [1.807, 2.05) is 20.8 Å². The van der Waals surface area contributed by atoms with Gasteiger partial charge in [-0.25, -0.2) is 8.42 Å². The third kappa shape index (κ3) is 5.02. The van der Waals surface area contributed by atoms with Gasteiger partial charge in [0.15, 0.2) is 10.9 Å². The van der Waals surface area contributed by atoms with E-state index in [2.05, 4.69) is 5.32 Å². The summed E-state index contributed by atoms with van der Waals surface area (Å²) in [5, 5.41) is 14.1. The standard InChI is InChI=1S/C17H26N4O5S/c1-13(2)12-18-17(22)14(3)19-8-10-20(11-9-19)27(25,26)16-7-5-4-6-15(16)21(23)24/h4-7,13-14H,8-12H2,1-3H3,(H,18,22)/p+1/t14-/m0/s1. The predicted molar refractivity (Wildman–Crippen MR) is 99.9 cm³/mol. The third-order valence-corrected chi connectivity index (χ3v) is 6.68. The lowest BCUT2D eigenvalue weighted by atomic mass is 10.2. The normalized spacial score (nSPS) is 17.6. The number of para-hydroxylation sites is 1. The van der Waals surface area contributed by atoms with Crippen LogP contribution in [0.3, 0.4) is 0 Å². The zero-order valence-corrected chi connectivity index (χ0v) is 16.7. The van der Waals surface area contributed by atoms with Crippen molar-refractivity contribution < 1.29 is 23.0 Å². The van der Waals surface area contributed by atoms with Crippen LogP contribution in [0.25, 0.3) is 0 Å². The molecule has 0 saturated carbocycles. The number of nitrogens with one attached hydrogen (secondary N) is 2. The van der Waals surface area contributed by atoms with Gasteiger partial charge in [0.05, 0.1) is 31.1 Å². The molecule has 0 aromatic heterocycles. The number of carbonyl (C=O) groups is 1. The molecule has 1 fully saturated rings. The molecular formula is C17H27N4O5S+. The molecule has 1 amide bonds. The molecule has 10 heteroatoms. The minimum absolute atomic E-state index is 0.0475. The molecule has 0 radical (unpaired) electrons. The van der Waals surface area contributed by atoms with Crippen LogP contribution < -0.4 is 10.2 Å². The van der Waals surface area contributed by atoms with E-state index in [0.29, 0.717) is 25.6 Å². The lowest BCUT2D eigenvalue weighted by Gasteiger charge is -2.34. The Kier molecular flexibility index (Phi) is 6.90. The van der Waals surface area contributed by atoms with Crippen molar-refractivity contribution in [2.45, 2.75) is 31.7 Å². The minimum Gasteiger partial charge on any atom is -0.351 e. The summed E-state index contributed by atoms with van der Waals surface area (Å²) in [5.41, 5.74) is -0.422. The summed E-state index contributed by atoms with van der Waals surface area (Å²) in [6.07, 6.45) is 0. The maximum Gasteiger partial charge on any atom is 0.289 e. The molecule has 2 rings (SSSR count). The maximum atomic E-state index is 12.8. The van der Waals surface area contributed by atoms with Gasteiger partial charge in [-0.1, -0.05) is 26.0 Å². The Morgan fingerprint density at radius 2 is 1.85 bits per heavy atom. The van der Waals surface area contributed by atoms with E-state index in [0.717, 1.165) is 4.90 Å². The highest BCUT2D eigenvalue weighted by Gasteiger charge is 2.37. The van der Waals surface area contributed by atoms with Crippen molar-refractivity contribution in [1.82, 2.24) is 9.62 Å². The van der Waals surface area contributed by atoms with Crippen LogP contribution in [-0.4, -0.2) is 62.3 Å². The first kappa shape index (κ1) is 21.3. The molecule has 150 valence electrons. The van der Waals surface area contributed by atoms with Gasteiger partial charge in [0.25, 0.3) is 11.6 Å². The van der Waals surface area contributed by atoms with Gasteiger partial charge in [0, 0.05) is 12.6 Å². The smallest absolute Gasteiger partial charge is 0.289 e. The van der Waals surface area contributed by atoms with E-state index in [4.69, 9.17) is 0 Å². The van der Waals surface area contributed by atoms with E-state index in [1.165, 1.54) is 28.6 Å². The zero-order valence-electron chi connectivity index (χ0n) is 15.8. The lowest BCUT2D eigenvalue weighted by Crippen LogP contribution is -3.19. The van der Waals surface area contributed by atoms with E-state index in [1.54, 1.807) is 0 Å². The molecule has 0 unspecified atom stereocenters. The highest BCUT2D eigenvalue weighted by atomic mass is 32.2. The number of nitro benzene ring substituents is 1. The number of nitrogens with zero attached hydrogens (tertiary/aromatic N) is 2. The van der Waals surface area contributed by atoms with Crippen molar-refractivity contribution in [1.29, 1.82) is 0 Å². The second kappa shape index (κ2) is 8.77. The third-order valence-electron chi connectivity index (χ3n) is 4.73. The Hall–Kier alpha value is -2.04. The average molecular weight is 399 g/mol.